The van der Waals surface area contributed by atoms with Crippen molar-refractivity contribution in [3.63, 3.8) is 0 Å². The van der Waals surface area contributed by atoms with Crippen LogP contribution in [-0.4, -0.2) is 47.3 Å². The van der Waals surface area contributed by atoms with Crippen LogP contribution >= 0.6 is 0 Å². The molecule has 8 heteroatoms. The van der Waals surface area contributed by atoms with Gasteiger partial charge in [-0.25, -0.2) is 0 Å². The standard InChI is InChI=1S/C19H24F3N3O2/c1-12-5-14(8-23)10-25(12)18(27)15-7-17(26)24(11-15)9-13-3-2-4-16(6-13)19(20,21)22/h2-4,6,12,14-15H,5,7-11,23H2,1H3. The Morgan fingerprint density at radius 2 is 2.04 bits per heavy atom. The quantitative estimate of drug-likeness (QED) is 0.867. The molecule has 5 nitrogen and oxygen atoms in total. The summed E-state index contributed by atoms with van der Waals surface area (Å²) in [6, 6.07) is 5.05. The van der Waals surface area contributed by atoms with Gasteiger partial charge in [0.25, 0.3) is 0 Å². The van der Waals surface area contributed by atoms with Crippen molar-refractivity contribution in [2.75, 3.05) is 19.6 Å². The van der Waals surface area contributed by atoms with E-state index in [1.807, 2.05) is 6.92 Å². The van der Waals surface area contributed by atoms with Crippen LogP contribution in [0.25, 0.3) is 0 Å². The van der Waals surface area contributed by atoms with Crippen LogP contribution in [0.4, 0.5) is 13.2 Å². The van der Waals surface area contributed by atoms with E-state index in [0.29, 0.717) is 18.7 Å². The molecule has 3 unspecified atom stereocenters. The molecule has 27 heavy (non-hydrogen) atoms. The summed E-state index contributed by atoms with van der Waals surface area (Å²) >= 11 is 0. The minimum Gasteiger partial charge on any atom is -0.339 e. The molecule has 0 aromatic heterocycles. The zero-order valence-electron chi connectivity index (χ0n) is 15.2. The summed E-state index contributed by atoms with van der Waals surface area (Å²) in [5.74, 6) is -0.420. The van der Waals surface area contributed by atoms with Crippen molar-refractivity contribution < 1.29 is 22.8 Å². The third-order valence-electron chi connectivity index (χ3n) is 5.47. The Morgan fingerprint density at radius 1 is 1.30 bits per heavy atom. The molecule has 0 aliphatic carbocycles. The molecule has 0 saturated carbocycles. The van der Waals surface area contributed by atoms with Gasteiger partial charge >= 0.3 is 6.18 Å². The number of halogens is 3. The van der Waals surface area contributed by atoms with E-state index in [4.69, 9.17) is 5.73 Å². The summed E-state index contributed by atoms with van der Waals surface area (Å²) in [6.45, 7) is 3.43. The van der Waals surface area contributed by atoms with Crippen LogP contribution < -0.4 is 5.73 Å². The summed E-state index contributed by atoms with van der Waals surface area (Å²) in [4.78, 5) is 28.4. The van der Waals surface area contributed by atoms with Gasteiger partial charge in [-0.2, -0.15) is 13.2 Å². The zero-order chi connectivity index (χ0) is 19.8. The van der Waals surface area contributed by atoms with E-state index in [1.54, 1.807) is 11.0 Å². The van der Waals surface area contributed by atoms with Gasteiger partial charge in [-0.15, -0.1) is 0 Å². The maximum Gasteiger partial charge on any atom is 0.416 e. The third-order valence-corrected chi connectivity index (χ3v) is 5.47. The molecule has 3 atom stereocenters. The summed E-state index contributed by atoms with van der Waals surface area (Å²) in [5.41, 5.74) is 5.37. The molecule has 2 fully saturated rings. The molecular weight excluding hydrogens is 359 g/mol. The van der Waals surface area contributed by atoms with Crippen LogP contribution in [-0.2, 0) is 22.3 Å². The number of benzene rings is 1. The SMILES string of the molecule is CC1CC(CN)CN1C(=O)C1CC(=O)N(Cc2cccc(C(F)(F)F)c2)C1. The number of alkyl halides is 3. The van der Waals surface area contributed by atoms with Gasteiger partial charge in [-0.1, -0.05) is 12.1 Å². The van der Waals surface area contributed by atoms with Gasteiger partial charge in [-0.05, 0) is 43.5 Å². The van der Waals surface area contributed by atoms with Gasteiger partial charge in [0.2, 0.25) is 11.8 Å². The van der Waals surface area contributed by atoms with Gasteiger partial charge < -0.3 is 15.5 Å². The van der Waals surface area contributed by atoms with E-state index in [2.05, 4.69) is 0 Å². The molecule has 148 valence electrons. The molecule has 2 saturated heterocycles. The molecule has 2 N–H and O–H groups in total. The van der Waals surface area contributed by atoms with Crippen LogP contribution in [0.5, 0.6) is 0 Å². The highest BCUT2D eigenvalue weighted by atomic mass is 19.4. The number of amides is 2. The fourth-order valence-corrected chi connectivity index (χ4v) is 4.01. The van der Waals surface area contributed by atoms with Crippen molar-refractivity contribution in [2.24, 2.45) is 17.6 Å². The van der Waals surface area contributed by atoms with Crippen molar-refractivity contribution in [1.82, 2.24) is 9.80 Å². The highest BCUT2D eigenvalue weighted by molar-refractivity contribution is 5.89. The molecule has 0 bridgehead atoms. The van der Waals surface area contributed by atoms with Crippen molar-refractivity contribution in [3.05, 3.63) is 35.4 Å². The highest BCUT2D eigenvalue weighted by Gasteiger charge is 2.40. The Bertz CT molecular complexity index is 722. The van der Waals surface area contributed by atoms with E-state index in [0.717, 1.165) is 18.6 Å². The Balaban J connectivity index is 1.65. The van der Waals surface area contributed by atoms with E-state index < -0.39 is 17.7 Å². The van der Waals surface area contributed by atoms with Gasteiger partial charge in [0.05, 0.1) is 11.5 Å². The molecule has 1 aromatic rings. The lowest BCUT2D eigenvalue weighted by atomic mass is 10.1. The minimum atomic E-state index is -4.42. The molecule has 1 aromatic carbocycles. The minimum absolute atomic E-state index is 0.0571. The van der Waals surface area contributed by atoms with Crippen LogP contribution in [0.3, 0.4) is 0 Å². The number of nitrogens with two attached hydrogens (primary N) is 1. The normalized spacial score (nSPS) is 26.1. The lowest BCUT2D eigenvalue weighted by molar-refractivity contribution is -0.137. The Kier molecular flexibility index (Phi) is 5.46. The number of hydrogen-bond acceptors (Lipinski definition) is 3. The average Bonchev–Trinajstić information content (AvgIpc) is 3.17. The fraction of sp³-hybridized carbons (Fsp3) is 0.579. The van der Waals surface area contributed by atoms with E-state index in [-0.39, 0.29) is 43.3 Å². The van der Waals surface area contributed by atoms with Crippen LogP contribution in [0.1, 0.15) is 30.9 Å². The molecular formula is C19H24F3N3O2. The topological polar surface area (TPSA) is 66.6 Å². The molecule has 0 radical (unpaired) electrons. The summed E-state index contributed by atoms with van der Waals surface area (Å²) in [7, 11) is 0. The number of carbonyl (C=O) groups is 2. The average molecular weight is 383 g/mol. The van der Waals surface area contributed by atoms with E-state index in [1.165, 1.54) is 11.0 Å². The van der Waals surface area contributed by atoms with E-state index in [9.17, 15) is 22.8 Å². The van der Waals surface area contributed by atoms with E-state index >= 15 is 0 Å². The number of rotatable bonds is 4. The number of likely N-dealkylation sites (tertiary alicyclic amines) is 2. The third kappa shape index (κ3) is 4.26. The van der Waals surface area contributed by atoms with Gasteiger partial charge in [0.1, 0.15) is 0 Å². The molecule has 2 heterocycles. The van der Waals surface area contributed by atoms with Gasteiger partial charge in [0, 0.05) is 32.1 Å². The molecule has 2 aliphatic rings. The number of carbonyl (C=O) groups excluding carboxylic acids is 2. The Hall–Kier alpha value is -2.09. The molecule has 0 spiro atoms. The van der Waals surface area contributed by atoms with Gasteiger partial charge in [-0.3, -0.25) is 9.59 Å². The van der Waals surface area contributed by atoms with Crippen molar-refractivity contribution in [2.45, 2.75) is 38.5 Å². The largest absolute Gasteiger partial charge is 0.416 e. The predicted octanol–water partition coefficient (Wildman–Crippen LogP) is 2.25. The zero-order valence-corrected chi connectivity index (χ0v) is 15.2. The fourth-order valence-electron chi connectivity index (χ4n) is 4.01. The van der Waals surface area contributed by atoms with Crippen molar-refractivity contribution >= 4 is 11.8 Å². The highest BCUT2D eigenvalue weighted by Crippen LogP contribution is 2.31. The van der Waals surface area contributed by atoms with Crippen LogP contribution in [0.2, 0.25) is 0 Å². The first-order valence-electron chi connectivity index (χ1n) is 9.13. The lowest BCUT2D eigenvalue weighted by Gasteiger charge is -2.25. The van der Waals surface area contributed by atoms with Gasteiger partial charge in [0.15, 0.2) is 0 Å². The second-order valence-electron chi connectivity index (χ2n) is 7.55. The first kappa shape index (κ1) is 19.7. The maximum absolute atomic E-state index is 12.9. The first-order valence-corrected chi connectivity index (χ1v) is 9.13. The Morgan fingerprint density at radius 3 is 2.67 bits per heavy atom. The summed E-state index contributed by atoms with van der Waals surface area (Å²) in [5, 5.41) is 0. The molecule has 3 rings (SSSR count). The lowest BCUT2D eigenvalue weighted by Crippen LogP contribution is -2.39. The monoisotopic (exact) mass is 383 g/mol. The molecule has 2 amide bonds. The summed E-state index contributed by atoms with van der Waals surface area (Å²) in [6.07, 6.45) is -3.46. The van der Waals surface area contributed by atoms with Crippen LogP contribution in [0.15, 0.2) is 24.3 Å². The number of nitrogens with zero attached hydrogens (tertiary/aromatic N) is 2. The second kappa shape index (κ2) is 7.50. The predicted molar refractivity (Wildman–Crippen MR) is 93.3 cm³/mol. The maximum atomic E-state index is 12.9. The molecule has 2 aliphatic heterocycles. The number of hydrogen-bond donors (Lipinski definition) is 1. The smallest absolute Gasteiger partial charge is 0.339 e. The Labute approximate surface area is 156 Å². The van der Waals surface area contributed by atoms with Crippen molar-refractivity contribution in [3.8, 4) is 0 Å². The van der Waals surface area contributed by atoms with Crippen LogP contribution in [0, 0.1) is 11.8 Å². The summed E-state index contributed by atoms with van der Waals surface area (Å²) < 4.78 is 38.6. The second-order valence-corrected chi connectivity index (χ2v) is 7.55. The first-order chi connectivity index (χ1) is 12.7. The van der Waals surface area contributed by atoms with Crippen molar-refractivity contribution in [1.29, 1.82) is 0 Å².